The first-order chi connectivity index (χ1) is 16.1. The fraction of sp³-hybridized carbons (Fsp3) is 0.357. The molecule has 4 aromatic rings. The Balaban J connectivity index is 1.43. The molecular weight excluding hydrogens is 426 g/mol. The lowest BCUT2D eigenvalue weighted by Gasteiger charge is -2.22. The normalized spacial score (nSPS) is 13.7. The Labute approximate surface area is 199 Å². The van der Waals surface area contributed by atoms with Crippen molar-refractivity contribution in [2.24, 2.45) is 0 Å². The predicted molar refractivity (Wildman–Crippen MR) is 136 cm³/mol. The highest BCUT2D eigenvalue weighted by atomic mass is 32.1. The van der Waals surface area contributed by atoms with Gasteiger partial charge in [0.2, 0.25) is 0 Å². The first-order valence-corrected chi connectivity index (χ1v) is 12.8. The van der Waals surface area contributed by atoms with Gasteiger partial charge < -0.3 is 0 Å². The topological polar surface area (TPSA) is 37.6 Å². The molecule has 33 heavy (non-hydrogen) atoms. The minimum atomic E-state index is 0.0651. The van der Waals surface area contributed by atoms with Gasteiger partial charge in [-0.2, -0.15) is 0 Å². The highest BCUT2D eigenvalue weighted by molar-refractivity contribution is 7.17. The highest BCUT2D eigenvalue weighted by Crippen LogP contribution is 2.28. The van der Waals surface area contributed by atoms with Crippen LogP contribution in [0.4, 0.5) is 0 Å². The molecule has 0 unspecified atom stereocenters. The van der Waals surface area contributed by atoms with Crippen molar-refractivity contribution < 1.29 is 0 Å². The highest BCUT2D eigenvalue weighted by Gasteiger charge is 2.19. The van der Waals surface area contributed by atoms with Crippen LogP contribution >= 0.6 is 11.3 Å². The third-order valence-corrected chi connectivity index (χ3v) is 7.64. The van der Waals surface area contributed by atoms with Gasteiger partial charge in [0, 0.05) is 36.3 Å². The second-order valence-corrected chi connectivity index (χ2v) is 10.5. The molecule has 0 saturated carbocycles. The van der Waals surface area contributed by atoms with Gasteiger partial charge in [-0.1, -0.05) is 68.4 Å². The second-order valence-electron chi connectivity index (χ2n) is 9.41. The maximum absolute atomic E-state index is 13.0. The lowest BCUT2D eigenvalue weighted by Crippen LogP contribution is -2.25. The summed E-state index contributed by atoms with van der Waals surface area (Å²) >= 11 is 1.70. The van der Waals surface area contributed by atoms with Gasteiger partial charge >= 0.3 is 0 Å². The van der Waals surface area contributed by atoms with Crippen LogP contribution in [0.5, 0.6) is 0 Å². The van der Waals surface area contributed by atoms with Crippen molar-refractivity contribution in [2.45, 2.75) is 65.1 Å². The quantitative estimate of drug-likeness (QED) is 0.344. The summed E-state index contributed by atoms with van der Waals surface area (Å²) in [6.07, 6.45) is 4.43. The summed E-state index contributed by atoms with van der Waals surface area (Å²) in [4.78, 5) is 22.6. The van der Waals surface area contributed by atoms with E-state index in [1.54, 1.807) is 17.4 Å². The smallest absolute Gasteiger partial charge is 0.259 e. The molecule has 2 aromatic heterocycles. The van der Waals surface area contributed by atoms with Crippen molar-refractivity contribution in [1.82, 2.24) is 14.3 Å². The van der Waals surface area contributed by atoms with Crippen molar-refractivity contribution in [2.75, 3.05) is 0 Å². The molecule has 0 fully saturated rings. The average molecular weight is 458 g/mol. The Kier molecular flexibility index (Phi) is 6.43. The van der Waals surface area contributed by atoms with E-state index in [1.165, 1.54) is 33.7 Å². The Bertz CT molecular complexity index is 1290. The van der Waals surface area contributed by atoms with E-state index in [2.05, 4.69) is 67.3 Å². The Morgan fingerprint density at radius 3 is 2.36 bits per heavy atom. The van der Waals surface area contributed by atoms with Crippen molar-refractivity contribution in [1.29, 1.82) is 0 Å². The summed E-state index contributed by atoms with van der Waals surface area (Å²) in [6.45, 7) is 6.72. The van der Waals surface area contributed by atoms with Crippen LogP contribution in [-0.2, 0) is 32.5 Å². The number of nitrogens with zero attached hydrogens (tertiary/aromatic N) is 3. The van der Waals surface area contributed by atoms with Crippen molar-refractivity contribution >= 4 is 16.3 Å². The van der Waals surface area contributed by atoms with E-state index in [9.17, 15) is 4.79 Å². The predicted octanol–water partition coefficient (Wildman–Crippen LogP) is 5.96. The van der Waals surface area contributed by atoms with Gasteiger partial charge in [-0.3, -0.25) is 14.1 Å². The number of fused-ring (bicyclic) bond motifs is 3. The maximum Gasteiger partial charge on any atom is 0.259 e. The van der Waals surface area contributed by atoms with E-state index >= 15 is 0 Å². The van der Waals surface area contributed by atoms with Crippen molar-refractivity contribution in [3.05, 3.63) is 104 Å². The summed E-state index contributed by atoms with van der Waals surface area (Å²) in [6, 6.07) is 21.2. The molecular formula is C28H31N3OS. The zero-order valence-electron chi connectivity index (χ0n) is 19.5. The van der Waals surface area contributed by atoms with E-state index in [0.717, 1.165) is 43.0 Å². The van der Waals surface area contributed by atoms with Crippen molar-refractivity contribution in [3.8, 4) is 0 Å². The molecule has 0 aliphatic heterocycles. The number of aromatic nitrogens is 2. The maximum atomic E-state index is 13.0. The molecule has 0 spiro atoms. The minimum Gasteiger partial charge on any atom is -0.289 e. The standard InChI is InChI=1S/C28H31N3OS/c1-20(2)23-14-12-22(13-15-23)18-30(17-21-8-4-3-5-9-21)19-24-16-27(32)31-25-10-6-7-11-26(25)33-28(31)29-24/h3-5,8-9,12-16,20H,6-7,10-11,17-19H2,1-2H3. The van der Waals surface area contributed by atoms with Crippen LogP contribution < -0.4 is 5.56 Å². The first-order valence-electron chi connectivity index (χ1n) is 11.9. The third-order valence-electron chi connectivity index (χ3n) is 6.50. The van der Waals surface area contributed by atoms with Gasteiger partial charge in [0.25, 0.3) is 5.56 Å². The fourth-order valence-corrected chi connectivity index (χ4v) is 5.96. The molecule has 1 aliphatic rings. The fourth-order valence-electron chi connectivity index (χ4n) is 4.73. The number of rotatable bonds is 7. The van der Waals surface area contributed by atoms with Crippen LogP contribution in [0.1, 0.15) is 65.6 Å². The number of aryl methyl sites for hydroxylation is 2. The van der Waals surface area contributed by atoms with Gasteiger partial charge in [0.15, 0.2) is 4.96 Å². The minimum absolute atomic E-state index is 0.0651. The third kappa shape index (κ3) is 4.94. The van der Waals surface area contributed by atoms with Crippen LogP contribution in [0.25, 0.3) is 4.96 Å². The summed E-state index contributed by atoms with van der Waals surface area (Å²) in [7, 11) is 0. The van der Waals surface area contributed by atoms with Gasteiger partial charge in [-0.15, -0.1) is 11.3 Å². The summed E-state index contributed by atoms with van der Waals surface area (Å²) in [5, 5.41) is 0. The van der Waals surface area contributed by atoms with E-state index in [1.807, 2.05) is 10.5 Å². The Morgan fingerprint density at radius 1 is 0.939 bits per heavy atom. The molecule has 2 aromatic carbocycles. The molecule has 170 valence electrons. The molecule has 2 heterocycles. The molecule has 0 N–H and O–H groups in total. The second kappa shape index (κ2) is 9.62. The van der Waals surface area contributed by atoms with Gasteiger partial charge in [-0.05, 0) is 48.3 Å². The van der Waals surface area contributed by atoms with Gasteiger partial charge in [0.1, 0.15) is 0 Å². The SMILES string of the molecule is CC(C)c1ccc(CN(Cc2ccccc2)Cc2cc(=O)n3c4c(sc3n2)CCCC4)cc1. The van der Waals surface area contributed by atoms with E-state index in [-0.39, 0.29) is 5.56 Å². The Morgan fingerprint density at radius 2 is 1.64 bits per heavy atom. The lowest BCUT2D eigenvalue weighted by atomic mass is 10.0. The number of hydrogen-bond donors (Lipinski definition) is 0. The summed E-state index contributed by atoms with van der Waals surface area (Å²) in [5.74, 6) is 0.528. The molecule has 0 atom stereocenters. The molecule has 0 radical (unpaired) electrons. The largest absolute Gasteiger partial charge is 0.289 e. The van der Waals surface area contributed by atoms with Gasteiger partial charge in [-0.25, -0.2) is 4.98 Å². The molecule has 5 heteroatoms. The van der Waals surface area contributed by atoms with E-state index < -0.39 is 0 Å². The number of thiazole rings is 1. The number of benzene rings is 2. The van der Waals surface area contributed by atoms with Crippen LogP contribution in [0.3, 0.4) is 0 Å². The van der Waals surface area contributed by atoms with E-state index in [4.69, 9.17) is 4.98 Å². The van der Waals surface area contributed by atoms with E-state index in [0.29, 0.717) is 12.5 Å². The monoisotopic (exact) mass is 457 g/mol. The molecule has 1 aliphatic carbocycles. The Hall–Kier alpha value is -2.76. The number of hydrogen-bond acceptors (Lipinski definition) is 4. The molecule has 5 rings (SSSR count). The zero-order valence-corrected chi connectivity index (χ0v) is 20.3. The van der Waals surface area contributed by atoms with Gasteiger partial charge in [0.05, 0.1) is 5.69 Å². The molecule has 0 bridgehead atoms. The summed E-state index contributed by atoms with van der Waals surface area (Å²) < 4.78 is 1.86. The first kappa shape index (κ1) is 22.1. The van der Waals surface area contributed by atoms with Crippen LogP contribution in [0, 0.1) is 0 Å². The van der Waals surface area contributed by atoms with Crippen LogP contribution in [0.2, 0.25) is 0 Å². The van der Waals surface area contributed by atoms with Crippen LogP contribution in [0.15, 0.2) is 65.5 Å². The summed E-state index contributed by atoms with van der Waals surface area (Å²) in [5.41, 5.74) is 6.01. The molecule has 0 saturated heterocycles. The molecule has 0 amide bonds. The van der Waals surface area contributed by atoms with Crippen molar-refractivity contribution in [3.63, 3.8) is 0 Å². The average Bonchev–Trinajstić information content (AvgIpc) is 3.19. The zero-order chi connectivity index (χ0) is 22.8. The lowest BCUT2D eigenvalue weighted by molar-refractivity contribution is 0.244. The van der Waals surface area contributed by atoms with Crippen LogP contribution in [-0.4, -0.2) is 14.3 Å². The molecule has 4 nitrogen and oxygen atoms in total.